The summed E-state index contributed by atoms with van der Waals surface area (Å²) in [6, 6.07) is 19.5. The molecule has 0 saturated heterocycles. The molecule has 0 amide bonds. The highest BCUT2D eigenvalue weighted by Gasteiger charge is 2.15. The van der Waals surface area contributed by atoms with Gasteiger partial charge in [0.15, 0.2) is 0 Å². The number of benzene rings is 3. The first-order chi connectivity index (χ1) is 16.4. The van der Waals surface area contributed by atoms with Crippen molar-refractivity contribution in [2.24, 2.45) is 5.10 Å². The number of hydrogen-bond donors (Lipinski definition) is 0. The first-order valence-corrected chi connectivity index (χ1v) is 12.7. The van der Waals surface area contributed by atoms with Gasteiger partial charge >= 0.3 is 0 Å². The maximum absolute atomic E-state index is 13.3. The van der Waals surface area contributed by atoms with E-state index >= 15 is 0 Å². The van der Waals surface area contributed by atoms with E-state index in [1.807, 2.05) is 42.5 Å². The highest BCUT2D eigenvalue weighted by Crippen LogP contribution is 2.27. The summed E-state index contributed by atoms with van der Waals surface area (Å²) in [5.74, 6) is 1.48. The fourth-order valence-electron chi connectivity index (χ4n) is 3.58. The molecule has 0 aliphatic heterocycles. The Morgan fingerprint density at radius 1 is 1.12 bits per heavy atom. The maximum Gasteiger partial charge on any atom is 0.282 e. The Balaban J connectivity index is 1.62. The minimum Gasteiger partial charge on any atom is -0.488 e. The van der Waals surface area contributed by atoms with Gasteiger partial charge in [-0.05, 0) is 76.8 Å². The summed E-state index contributed by atoms with van der Waals surface area (Å²) in [7, 11) is 0. The fraction of sp³-hybridized carbons (Fsp3) is 0.222. The van der Waals surface area contributed by atoms with Gasteiger partial charge in [-0.25, -0.2) is 4.98 Å². The summed E-state index contributed by atoms with van der Waals surface area (Å²) in [6.45, 7) is 6.67. The van der Waals surface area contributed by atoms with E-state index in [0.29, 0.717) is 23.3 Å². The van der Waals surface area contributed by atoms with Crippen LogP contribution in [0.2, 0.25) is 0 Å². The van der Waals surface area contributed by atoms with Gasteiger partial charge in [-0.15, -0.1) is 0 Å². The van der Waals surface area contributed by atoms with Gasteiger partial charge in [0.25, 0.3) is 5.56 Å². The number of halogens is 2. The van der Waals surface area contributed by atoms with Crippen molar-refractivity contribution in [3.63, 3.8) is 0 Å². The monoisotopic (exact) mass is 581 g/mol. The number of ether oxygens (including phenoxy) is 1. The van der Waals surface area contributed by atoms with Gasteiger partial charge in [-0.3, -0.25) is 4.79 Å². The lowest BCUT2D eigenvalue weighted by atomic mass is 10.1. The molecule has 1 heterocycles. The lowest BCUT2D eigenvalue weighted by Crippen LogP contribution is -2.23. The second-order valence-corrected chi connectivity index (χ2v) is 10.0. The summed E-state index contributed by atoms with van der Waals surface area (Å²) in [5.41, 5.74) is 3.65. The van der Waals surface area contributed by atoms with E-state index in [9.17, 15) is 4.79 Å². The zero-order valence-corrected chi connectivity index (χ0v) is 22.4. The van der Waals surface area contributed by atoms with Crippen LogP contribution in [0.5, 0.6) is 5.75 Å². The molecule has 1 atom stereocenters. The van der Waals surface area contributed by atoms with Crippen molar-refractivity contribution in [2.45, 2.75) is 39.7 Å². The summed E-state index contributed by atoms with van der Waals surface area (Å²) in [5, 5.41) is 5.07. The van der Waals surface area contributed by atoms with E-state index in [1.165, 1.54) is 10.2 Å². The molecule has 174 valence electrons. The summed E-state index contributed by atoms with van der Waals surface area (Å²) >= 11 is 7.03. The molecule has 4 aromatic rings. The van der Waals surface area contributed by atoms with E-state index in [0.717, 1.165) is 32.2 Å². The minimum absolute atomic E-state index is 0.0852. The predicted octanol–water partition coefficient (Wildman–Crippen LogP) is 7.20. The molecule has 0 spiro atoms. The maximum atomic E-state index is 13.3. The predicted molar refractivity (Wildman–Crippen MR) is 145 cm³/mol. The number of rotatable bonds is 7. The average molecular weight is 583 g/mol. The van der Waals surface area contributed by atoms with Crippen molar-refractivity contribution >= 4 is 49.0 Å². The van der Waals surface area contributed by atoms with Crippen molar-refractivity contribution < 1.29 is 4.74 Å². The summed E-state index contributed by atoms with van der Waals surface area (Å²) in [6.07, 6.45) is 2.52. The quantitative estimate of drug-likeness (QED) is 0.216. The second-order valence-electron chi connectivity index (χ2n) is 8.27. The standard InChI is InChI=1S/C27H25Br2N3O2/c1-4-18(3)26-31-24-10-9-21(28)14-22(24)27(33)32(26)30-15-19-8-11-25(23(29)13-19)34-16-20-7-5-6-17(2)12-20/h5-15,18H,4,16H2,1-3H3/t18-/m1/s1. The molecule has 0 aliphatic carbocycles. The van der Waals surface area contributed by atoms with Gasteiger partial charge in [0.2, 0.25) is 0 Å². The molecular weight excluding hydrogens is 558 g/mol. The molecule has 0 unspecified atom stereocenters. The van der Waals surface area contributed by atoms with Crippen molar-refractivity contribution in [1.82, 2.24) is 9.66 Å². The lowest BCUT2D eigenvalue weighted by molar-refractivity contribution is 0.304. The Morgan fingerprint density at radius 2 is 1.94 bits per heavy atom. The largest absolute Gasteiger partial charge is 0.488 e. The molecule has 0 fully saturated rings. The first-order valence-electron chi connectivity index (χ1n) is 11.1. The molecule has 0 saturated carbocycles. The summed E-state index contributed by atoms with van der Waals surface area (Å²) in [4.78, 5) is 18.0. The van der Waals surface area contributed by atoms with E-state index in [1.54, 1.807) is 12.3 Å². The summed E-state index contributed by atoms with van der Waals surface area (Å²) < 4.78 is 9.04. The average Bonchev–Trinajstić information content (AvgIpc) is 2.82. The number of nitrogens with zero attached hydrogens (tertiary/aromatic N) is 3. The van der Waals surface area contributed by atoms with Crippen molar-refractivity contribution in [2.75, 3.05) is 0 Å². The third kappa shape index (κ3) is 5.47. The normalized spacial score (nSPS) is 12.4. The van der Waals surface area contributed by atoms with Gasteiger partial charge < -0.3 is 4.74 Å². The third-order valence-electron chi connectivity index (χ3n) is 5.64. The van der Waals surface area contributed by atoms with Crippen LogP contribution in [0, 0.1) is 6.92 Å². The highest BCUT2D eigenvalue weighted by atomic mass is 79.9. The zero-order chi connectivity index (χ0) is 24.2. The number of fused-ring (bicyclic) bond motifs is 1. The number of aryl methyl sites for hydroxylation is 1. The second kappa shape index (κ2) is 10.7. The molecule has 0 radical (unpaired) electrons. The smallest absolute Gasteiger partial charge is 0.282 e. The molecular formula is C27H25Br2N3O2. The van der Waals surface area contributed by atoms with Gasteiger partial charge in [0.1, 0.15) is 18.2 Å². The Labute approximate surface area is 215 Å². The van der Waals surface area contributed by atoms with Crippen molar-refractivity contribution in [3.8, 4) is 5.75 Å². The molecule has 1 aromatic heterocycles. The molecule has 7 heteroatoms. The Kier molecular flexibility index (Phi) is 7.63. The van der Waals surface area contributed by atoms with Gasteiger partial charge in [0, 0.05) is 10.4 Å². The van der Waals surface area contributed by atoms with Crippen LogP contribution < -0.4 is 10.3 Å². The van der Waals surface area contributed by atoms with Crippen LogP contribution in [-0.4, -0.2) is 15.9 Å². The van der Waals surface area contributed by atoms with Crippen LogP contribution in [-0.2, 0) is 6.61 Å². The van der Waals surface area contributed by atoms with Crippen LogP contribution in [0.15, 0.2) is 79.5 Å². The Bertz CT molecular complexity index is 1430. The molecule has 4 rings (SSSR count). The third-order valence-corrected chi connectivity index (χ3v) is 6.75. The molecule has 34 heavy (non-hydrogen) atoms. The van der Waals surface area contributed by atoms with E-state index in [-0.39, 0.29) is 11.5 Å². The van der Waals surface area contributed by atoms with E-state index in [4.69, 9.17) is 9.72 Å². The molecule has 3 aromatic carbocycles. The Morgan fingerprint density at radius 3 is 2.68 bits per heavy atom. The number of hydrogen-bond acceptors (Lipinski definition) is 4. The van der Waals surface area contributed by atoms with Crippen LogP contribution in [0.3, 0.4) is 0 Å². The van der Waals surface area contributed by atoms with Crippen LogP contribution in [0.25, 0.3) is 10.9 Å². The molecule has 5 nitrogen and oxygen atoms in total. The SMILES string of the molecule is CC[C@@H](C)c1nc2ccc(Br)cc2c(=O)n1N=Cc1ccc(OCc2cccc(C)c2)c(Br)c1. The first kappa shape index (κ1) is 24.4. The number of aromatic nitrogens is 2. The van der Waals surface area contributed by atoms with Crippen LogP contribution in [0.1, 0.15) is 48.7 Å². The topological polar surface area (TPSA) is 56.5 Å². The molecule has 0 bridgehead atoms. The highest BCUT2D eigenvalue weighted by molar-refractivity contribution is 9.10. The van der Waals surface area contributed by atoms with Crippen molar-refractivity contribution in [1.29, 1.82) is 0 Å². The van der Waals surface area contributed by atoms with E-state index in [2.05, 4.69) is 69.9 Å². The lowest BCUT2D eigenvalue weighted by Gasteiger charge is -2.14. The van der Waals surface area contributed by atoms with Crippen molar-refractivity contribution in [3.05, 3.63) is 102 Å². The molecule has 0 N–H and O–H groups in total. The van der Waals surface area contributed by atoms with Gasteiger partial charge in [-0.1, -0.05) is 59.6 Å². The van der Waals surface area contributed by atoms with Gasteiger partial charge in [0.05, 0.1) is 21.6 Å². The van der Waals surface area contributed by atoms with Crippen LogP contribution in [0.4, 0.5) is 0 Å². The van der Waals surface area contributed by atoms with Crippen LogP contribution >= 0.6 is 31.9 Å². The van der Waals surface area contributed by atoms with Gasteiger partial charge in [-0.2, -0.15) is 9.78 Å². The zero-order valence-electron chi connectivity index (χ0n) is 19.3. The minimum atomic E-state index is -0.185. The fourth-order valence-corrected chi connectivity index (χ4v) is 4.45. The van der Waals surface area contributed by atoms with E-state index < -0.39 is 0 Å². The molecule has 0 aliphatic rings. The Hall–Kier alpha value is -2.77.